The van der Waals surface area contributed by atoms with E-state index < -0.39 is 5.63 Å². The summed E-state index contributed by atoms with van der Waals surface area (Å²) in [6.45, 7) is 0. The van der Waals surface area contributed by atoms with Crippen LogP contribution >= 0.6 is 11.3 Å². The average molecular weight is 295 g/mol. The Labute approximate surface area is 122 Å². The van der Waals surface area contributed by atoms with Crippen molar-refractivity contribution >= 4 is 38.2 Å². The van der Waals surface area contributed by atoms with Gasteiger partial charge < -0.3 is 10.2 Å². The second-order valence-corrected chi connectivity index (χ2v) is 5.60. The van der Waals surface area contributed by atoms with Crippen molar-refractivity contribution in [2.75, 3.05) is 5.73 Å². The van der Waals surface area contributed by atoms with Crippen LogP contribution in [-0.2, 0) is 0 Å². The zero-order chi connectivity index (χ0) is 14.4. The number of nitrogens with two attached hydrogens (primary N) is 1. The molecule has 0 aliphatic rings. The lowest BCUT2D eigenvalue weighted by Gasteiger charge is -2.03. The van der Waals surface area contributed by atoms with Crippen LogP contribution in [0.4, 0.5) is 5.13 Å². The van der Waals surface area contributed by atoms with E-state index in [1.165, 1.54) is 0 Å². The molecule has 0 aliphatic carbocycles. The van der Waals surface area contributed by atoms with E-state index in [-0.39, 0.29) is 0 Å². The Kier molecular flexibility index (Phi) is 2.52. The summed E-state index contributed by atoms with van der Waals surface area (Å²) < 4.78 is 5.41. The van der Waals surface area contributed by atoms with E-state index in [9.17, 15) is 4.79 Å². The average Bonchev–Trinajstić information content (AvgIpc) is 2.92. The normalized spacial score (nSPS) is 11.2. The number of rotatable bonds is 1. The zero-order valence-electron chi connectivity index (χ0n) is 10.7. The van der Waals surface area contributed by atoms with E-state index in [4.69, 9.17) is 10.2 Å². The molecular weight excluding hydrogens is 286 g/mol. The Balaban J connectivity index is 2.11. The molecule has 0 atom stereocenters. The number of hydrogen-bond acceptors (Lipinski definition) is 6. The molecule has 0 saturated carbocycles. The van der Waals surface area contributed by atoms with Crippen molar-refractivity contribution in [2.24, 2.45) is 0 Å². The molecule has 2 heterocycles. The molecule has 0 spiro atoms. The van der Waals surface area contributed by atoms with Crippen LogP contribution in [0.1, 0.15) is 0 Å². The maximum absolute atomic E-state index is 12.1. The van der Waals surface area contributed by atoms with Crippen LogP contribution in [0.15, 0.2) is 51.7 Å². The highest BCUT2D eigenvalue weighted by Gasteiger charge is 2.13. The van der Waals surface area contributed by atoms with Crippen molar-refractivity contribution in [2.45, 2.75) is 0 Å². The second-order valence-electron chi connectivity index (χ2n) is 4.59. The monoisotopic (exact) mass is 295 g/mol. The van der Waals surface area contributed by atoms with Crippen LogP contribution in [-0.4, -0.2) is 10.2 Å². The molecule has 5 nitrogen and oxygen atoms in total. The van der Waals surface area contributed by atoms with Crippen LogP contribution in [0.3, 0.4) is 0 Å². The van der Waals surface area contributed by atoms with Crippen LogP contribution < -0.4 is 11.4 Å². The van der Waals surface area contributed by atoms with Crippen molar-refractivity contribution in [1.29, 1.82) is 0 Å². The summed E-state index contributed by atoms with van der Waals surface area (Å²) >= 11 is 1.16. The third-order valence-corrected chi connectivity index (χ3v) is 4.10. The molecule has 0 amide bonds. The minimum absolute atomic E-state index is 0.322. The molecule has 0 unspecified atom stereocenters. The summed E-state index contributed by atoms with van der Waals surface area (Å²) in [5.41, 5.74) is 6.08. The first kappa shape index (κ1) is 12.0. The summed E-state index contributed by atoms with van der Waals surface area (Å²) in [6.07, 6.45) is 0. The standard InChI is InChI=1S/C15H9N3O2S/c16-15-18-17-13(21-15)11-7-10-9-4-2-1-3-8(9)5-6-12(10)20-14(11)19/h1-7H,(H2,16,18). The minimum Gasteiger partial charge on any atom is -0.422 e. The first-order chi connectivity index (χ1) is 10.2. The van der Waals surface area contributed by atoms with Gasteiger partial charge in [-0.1, -0.05) is 41.7 Å². The number of anilines is 1. The molecule has 0 fully saturated rings. The molecule has 0 aliphatic heterocycles. The maximum atomic E-state index is 12.1. The smallest absolute Gasteiger partial charge is 0.346 e. The van der Waals surface area contributed by atoms with Crippen LogP contribution in [0, 0.1) is 0 Å². The largest absolute Gasteiger partial charge is 0.422 e. The number of fused-ring (bicyclic) bond motifs is 3. The molecule has 0 bridgehead atoms. The van der Waals surface area contributed by atoms with Gasteiger partial charge in [-0.3, -0.25) is 0 Å². The van der Waals surface area contributed by atoms with Gasteiger partial charge in [-0.2, -0.15) is 0 Å². The molecule has 6 heteroatoms. The maximum Gasteiger partial charge on any atom is 0.346 e. The Morgan fingerprint density at radius 1 is 1.05 bits per heavy atom. The third kappa shape index (κ3) is 1.88. The van der Waals surface area contributed by atoms with Crippen molar-refractivity contribution in [3.8, 4) is 10.6 Å². The van der Waals surface area contributed by atoms with E-state index in [2.05, 4.69) is 10.2 Å². The van der Waals surface area contributed by atoms with Gasteiger partial charge in [0, 0.05) is 5.39 Å². The van der Waals surface area contributed by atoms with E-state index in [0.29, 0.717) is 21.3 Å². The molecule has 4 rings (SSSR count). The first-order valence-corrected chi connectivity index (χ1v) is 7.09. The lowest BCUT2D eigenvalue weighted by Crippen LogP contribution is -2.02. The molecule has 2 N–H and O–H groups in total. The molecule has 0 radical (unpaired) electrons. The highest BCUT2D eigenvalue weighted by atomic mass is 32.1. The van der Waals surface area contributed by atoms with Crippen LogP contribution in [0.5, 0.6) is 0 Å². The van der Waals surface area contributed by atoms with Crippen molar-refractivity contribution < 1.29 is 4.42 Å². The number of nitrogens with zero attached hydrogens (tertiary/aromatic N) is 2. The molecule has 102 valence electrons. The first-order valence-electron chi connectivity index (χ1n) is 6.27. The van der Waals surface area contributed by atoms with Gasteiger partial charge in [0.2, 0.25) is 5.13 Å². The predicted octanol–water partition coefficient (Wildman–Crippen LogP) is 3.05. The Morgan fingerprint density at radius 3 is 2.71 bits per heavy atom. The zero-order valence-corrected chi connectivity index (χ0v) is 11.6. The lowest BCUT2D eigenvalue weighted by atomic mass is 10.0. The summed E-state index contributed by atoms with van der Waals surface area (Å²) in [7, 11) is 0. The summed E-state index contributed by atoms with van der Waals surface area (Å²) in [5, 5.41) is 11.4. The van der Waals surface area contributed by atoms with Gasteiger partial charge in [0.05, 0.1) is 5.56 Å². The molecule has 4 aromatic rings. The topological polar surface area (TPSA) is 82.0 Å². The van der Waals surface area contributed by atoms with Gasteiger partial charge in [-0.05, 0) is 22.9 Å². The van der Waals surface area contributed by atoms with E-state index in [0.717, 1.165) is 27.5 Å². The number of hydrogen-bond donors (Lipinski definition) is 1. The fourth-order valence-corrected chi connectivity index (χ4v) is 2.98. The van der Waals surface area contributed by atoms with Gasteiger partial charge in [-0.15, -0.1) is 10.2 Å². The molecule has 2 aromatic heterocycles. The fourth-order valence-electron chi connectivity index (χ4n) is 2.36. The van der Waals surface area contributed by atoms with Crippen LogP contribution in [0.2, 0.25) is 0 Å². The molecule has 2 aromatic carbocycles. The predicted molar refractivity (Wildman–Crippen MR) is 83.3 cm³/mol. The number of aromatic nitrogens is 2. The highest BCUT2D eigenvalue weighted by molar-refractivity contribution is 7.18. The summed E-state index contributed by atoms with van der Waals surface area (Å²) in [6, 6.07) is 13.5. The van der Waals surface area contributed by atoms with Crippen molar-refractivity contribution in [3.63, 3.8) is 0 Å². The summed E-state index contributed by atoms with van der Waals surface area (Å²) in [5.74, 6) is 0. The van der Waals surface area contributed by atoms with Gasteiger partial charge >= 0.3 is 5.63 Å². The van der Waals surface area contributed by atoms with Gasteiger partial charge in [0.1, 0.15) is 5.58 Å². The van der Waals surface area contributed by atoms with Gasteiger partial charge in [-0.25, -0.2) is 4.79 Å². The third-order valence-electron chi connectivity index (χ3n) is 3.31. The Hall–Kier alpha value is -2.73. The highest BCUT2D eigenvalue weighted by Crippen LogP contribution is 2.29. The summed E-state index contributed by atoms with van der Waals surface area (Å²) in [4.78, 5) is 12.1. The number of benzene rings is 2. The van der Waals surface area contributed by atoms with Crippen molar-refractivity contribution in [3.05, 3.63) is 52.9 Å². The van der Waals surface area contributed by atoms with Gasteiger partial charge in [0.15, 0.2) is 5.01 Å². The van der Waals surface area contributed by atoms with Gasteiger partial charge in [0.25, 0.3) is 0 Å². The molecular formula is C15H9N3O2S. The Bertz CT molecular complexity index is 1040. The molecule has 21 heavy (non-hydrogen) atoms. The van der Waals surface area contributed by atoms with E-state index in [1.807, 2.05) is 30.3 Å². The SMILES string of the molecule is Nc1nnc(-c2cc3c(ccc4ccccc43)oc2=O)s1. The quantitative estimate of drug-likeness (QED) is 0.431. The van der Waals surface area contributed by atoms with Crippen molar-refractivity contribution in [1.82, 2.24) is 10.2 Å². The van der Waals surface area contributed by atoms with E-state index >= 15 is 0 Å². The van der Waals surface area contributed by atoms with E-state index in [1.54, 1.807) is 12.1 Å². The Morgan fingerprint density at radius 2 is 1.90 bits per heavy atom. The second kappa shape index (κ2) is 4.39. The minimum atomic E-state index is -0.436. The van der Waals surface area contributed by atoms with Crippen LogP contribution in [0.25, 0.3) is 32.3 Å². The number of nitrogen functional groups attached to an aromatic ring is 1. The molecule has 0 saturated heterocycles. The fraction of sp³-hybridized carbons (Fsp3) is 0. The lowest BCUT2D eigenvalue weighted by molar-refractivity contribution is 0.563.